The zero-order valence-electron chi connectivity index (χ0n) is 14.4. The summed E-state index contributed by atoms with van der Waals surface area (Å²) < 4.78 is 14.3. The summed E-state index contributed by atoms with van der Waals surface area (Å²) in [6.45, 7) is 3.48. The fourth-order valence-corrected chi connectivity index (χ4v) is 2.70. The third kappa shape index (κ3) is 3.92. The van der Waals surface area contributed by atoms with Gasteiger partial charge in [0.25, 0.3) is 5.91 Å². The Bertz CT molecular complexity index is 817. The lowest BCUT2D eigenvalue weighted by molar-refractivity contribution is -0.115. The van der Waals surface area contributed by atoms with Crippen LogP contribution in [0.4, 0.5) is 4.39 Å². The molecule has 0 saturated heterocycles. The fraction of sp³-hybridized carbons (Fsp3) is 0.350. The van der Waals surface area contributed by atoms with Gasteiger partial charge in [-0.25, -0.2) is 4.39 Å². The molecule has 3 rings (SSSR count). The van der Waals surface area contributed by atoms with Gasteiger partial charge in [-0.3, -0.25) is 14.6 Å². The molecule has 1 aliphatic heterocycles. The molecule has 0 unspecified atom stereocenters. The Balaban J connectivity index is 1.96. The predicted molar refractivity (Wildman–Crippen MR) is 96.1 cm³/mol. The van der Waals surface area contributed by atoms with Gasteiger partial charge in [-0.1, -0.05) is 13.0 Å². The Kier molecular flexibility index (Phi) is 4.93. The van der Waals surface area contributed by atoms with Gasteiger partial charge in [0, 0.05) is 41.8 Å². The highest BCUT2D eigenvalue weighted by Crippen LogP contribution is 2.27. The van der Waals surface area contributed by atoms with E-state index in [2.05, 4.69) is 10.3 Å². The number of Topliss-reactive ketones (excluding diaryl/α,β-unsaturated/α-hetero) is 1. The van der Waals surface area contributed by atoms with Crippen LogP contribution in [0, 0.1) is 12.7 Å². The van der Waals surface area contributed by atoms with Crippen LogP contribution in [0.25, 0.3) is 5.70 Å². The number of ketones is 1. The first-order valence-corrected chi connectivity index (χ1v) is 8.57. The van der Waals surface area contributed by atoms with Gasteiger partial charge in [0.15, 0.2) is 5.78 Å². The van der Waals surface area contributed by atoms with Crippen molar-refractivity contribution >= 4 is 23.6 Å². The van der Waals surface area contributed by atoms with Crippen LogP contribution in [0.2, 0.25) is 0 Å². The number of carbonyl (C=O) groups excluding carboxylic acids is 2. The molecule has 1 aromatic rings. The molecule has 25 heavy (non-hydrogen) atoms. The van der Waals surface area contributed by atoms with E-state index in [0.29, 0.717) is 40.8 Å². The van der Waals surface area contributed by atoms with Gasteiger partial charge in [-0.2, -0.15) is 0 Å². The third-order valence-electron chi connectivity index (χ3n) is 4.46. The van der Waals surface area contributed by atoms with Crippen molar-refractivity contribution in [3.63, 3.8) is 0 Å². The third-order valence-corrected chi connectivity index (χ3v) is 4.46. The molecule has 5 heteroatoms. The second-order valence-corrected chi connectivity index (χ2v) is 6.41. The number of rotatable bonds is 5. The zero-order valence-corrected chi connectivity index (χ0v) is 14.4. The summed E-state index contributed by atoms with van der Waals surface area (Å²) in [5.74, 6) is -0.629. The molecule has 1 amide bonds. The molecule has 1 aromatic carbocycles. The Morgan fingerprint density at radius 3 is 2.72 bits per heavy atom. The molecule has 1 saturated carbocycles. The molecule has 0 radical (unpaired) electrons. The van der Waals surface area contributed by atoms with E-state index in [-0.39, 0.29) is 17.7 Å². The van der Waals surface area contributed by atoms with E-state index in [4.69, 9.17) is 0 Å². The van der Waals surface area contributed by atoms with Gasteiger partial charge in [0.2, 0.25) is 0 Å². The molecule has 4 nitrogen and oxygen atoms in total. The maximum Gasteiger partial charge on any atom is 0.251 e. The first kappa shape index (κ1) is 17.3. The highest BCUT2D eigenvalue weighted by molar-refractivity contribution is 6.00. The first-order valence-electron chi connectivity index (χ1n) is 8.57. The second kappa shape index (κ2) is 7.13. The van der Waals surface area contributed by atoms with Crippen molar-refractivity contribution in [1.29, 1.82) is 0 Å². The highest BCUT2D eigenvalue weighted by atomic mass is 19.1. The van der Waals surface area contributed by atoms with Crippen LogP contribution >= 0.6 is 0 Å². The maximum atomic E-state index is 14.3. The lowest BCUT2D eigenvalue weighted by Gasteiger charge is -2.11. The summed E-state index contributed by atoms with van der Waals surface area (Å²) in [6.07, 6.45) is 7.96. The van der Waals surface area contributed by atoms with E-state index in [1.807, 2.05) is 6.92 Å². The van der Waals surface area contributed by atoms with E-state index in [9.17, 15) is 14.0 Å². The summed E-state index contributed by atoms with van der Waals surface area (Å²) in [5.41, 5.74) is 2.53. The van der Waals surface area contributed by atoms with Crippen LogP contribution in [0.15, 0.2) is 34.9 Å². The number of benzene rings is 1. The van der Waals surface area contributed by atoms with Crippen LogP contribution < -0.4 is 5.32 Å². The summed E-state index contributed by atoms with van der Waals surface area (Å²) in [4.78, 5) is 28.5. The van der Waals surface area contributed by atoms with Gasteiger partial charge in [-0.15, -0.1) is 0 Å². The van der Waals surface area contributed by atoms with Crippen LogP contribution in [-0.4, -0.2) is 23.9 Å². The smallest absolute Gasteiger partial charge is 0.251 e. The van der Waals surface area contributed by atoms with Crippen LogP contribution in [0.3, 0.4) is 0 Å². The SMILES string of the molecule is CCC(=O)C1=CC=C(c2cc(C(=O)NC3CC3)cc(F)c2C)N=CC1. The average Bonchev–Trinajstić information content (AvgIpc) is 3.43. The van der Waals surface area contributed by atoms with Crippen molar-refractivity contribution in [2.24, 2.45) is 4.99 Å². The van der Waals surface area contributed by atoms with Crippen molar-refractivity contribution in [3.8, 4) is 0 Å². The molecule has 0 bridgehead atoms. The van der Waals surface area contributed by atoms with Gasteiger partial charge in [-0.05, 0) is 43.5 Å². The summed E-state index contributed by atoms with van der Waals surface area (Å²) >= 11 is 0. The molecule has 130 valence electrons. The Morgan fingerprint density at radius 1 is 1.28 bits per heavy atom. The van der Waals surface area contributed by atoms with E-state index in [1.54, 1.807) is 31.4 Å². The maximum absolute atomic E-state index is 14.3. The van der Waals surface area contributed by atoms with Gasteiger partial charge >= 0.3 is 0 Å². The van der Waals surface area contributed by atoms with Crippen molar-refractivity contribution in [2.45, 2.75) is 45.6 Å². The Hall–Kier alpha value is -2.56. The molecule has 1 fully saturated rings. The number of hydrogen-bond donors (Lipinski definition) is 1. The van der Waals surface area contributed by atoms with Crippen LogP contribution in [0.5, 0.6) is 0 Å². The minimum absolute atomic E-state index is 0.0735. The lowest BCUT2D eigenvalue weighted by atomic mass is 10.0. The molecule has 1 aliphatic carbocycles. The number of nitrogens with one attached hydrogen (secondary N) is 1. The van der Waals surface area contributed by atoms with Gasteiger partial charge in [0.05, 0.1) is 5.70 Å². The van der Waals surface area contributed by atoms with Crippen LogP contribution in [-0.2, 0) is 4.79 Å². The number of allylic oxidation sites excluding steroid dienone is 3. The number of aliphatic imine (C=N–C) groups is 1. The minimum atomic E-state index is -0.437. The van der Waals surface area contributed by atoms with Crippen molar-refractivity contribution in [2.75, 3.05) is 0 Å². The van der Waals surface area contributed by atoms with Crippen molar-refractivity contribution in [3.05, 3.63) is 52.4 Å². The highest BCUT2D eigenvalue weighted by Gasteiger charge is 2.24. The molecule has 1 N–H and O–H groups in total. The van der Waals surface area contributed by atoms with Gasteiger partial charge in [0.1, 0.15) is 5.82 Å². The quantitative estimate of drug-likeness (QED) is 0.887. The van der Waals surface area contributed by atoms with E-state index in [0.717, 1.165) is 12.8 Å². The molecular formula is C20H21FN2O2. The molecular weight excluding hydrogens is 319 g/mol. The average molecular weight is 340 g/mol. The standard InChI is InChI=1S/C20H21FN2O2/c1-3-19(24)13-4-7-18(22-9-8-13)16-10-14(11-17(21)12(16)2)20(25)23-15-5-6-15/h4,7,9-11,15H,3,5-6,8H2,1-2H3,(H,23,25). The largest absolute Gasteiger partial charge is 0.349 e. The minimum Gasteiger partial charge on any atom is -0.349 e. The number of carbonyl (C=O) groups is 2. The van der Waals surface area contributed by atoms with Crippen molar-refractivity contribution in [1.82, 2.24) is 5.32 Å². The molecule has 2 aliphatic rings. The molecule has 0 aromatic heterocycles. The normalized spacial score (nSPS) is 16.8. The monoisotopic (exact) mass is 340 g/mol. The molecule has 0 atom stereocenters. The summed E-state index contributed by atoms with van der Waals surface area (Å²) in [7, 11) is 0. The predicted octanol–water partition coefficient (Wildman–Crippen LogP) is 3.75. The summed E-state index contributed by atoms with van der Waals surface area (Å²) in [5, 5.41) is 2.87. The number of hydrogen-bond acceptors (Lipinski definition) is 3. The summed E-state index contributed by atoms with van der Waals surface area (Å²) in [6, 6.07) is 3.14. The van der Waals surface area contributed by atoms with Crippen molar-refractivity contribution < 1.29 is 14.0 Å². The Labute approximate surface area is 146 Å². The number of amides is 1. The van der Waals surface area contributed by atoms with E-state index >= 15 is 0 Å². The van der Waals surface area contributed by atoms with Gasteiger partial charge < -0.3 is 5.32 Å². The first-order chi connectivity index (χ1) is 12.0. The van der Waals surface area contributed by atoms with E-state index < -0.39 is 5.82 Å². The zero-order chi connectivity index (χ0) is 18.0. The fourth-order valence-electron chi connectivity index (χ4n) is 2.70. The van der Waals surface area contributed by atoms with E-state index in [1.165, 1.54) is 6.07 Å². The lowest BCUT2D eigenvalue weighted by Crippen LogP contribution is -2.25. The Morgan fingerprint density at radius 2 is 2.04 bits per heavy atom. The molecule has 0 spiro atoms. The number of halogens is 1. The molecule has 1 heterocycles. The van der Waals surface area contributed by atoms with Crippen LogP contribution in [0.1, 0.15) is 54.1 Å². The second-order valence-electron chi connectivity index (χ2n) is 6.41. The topological polar surface area (TPSA) is 58.5 Å². The number of nitrogens with zero attached hydrogens (tertiary/aromatic N) is 1.